The Morgan fingerprint density at radius 2 is 2.20 bits per heavy atom. The molecule has 0 aliphatic rings. The van der Waals surface area contributed by atoms with Crippen molar-refractivity contribution in [3.8, 4) is 12.3 Å². The van der Waals surface area contributed by atoms with Crippen LogP contribution in [0, 0.1) is 12.3 Å². The number of terminal acetylenes is 1. The molecule has 0 unspecified atom stereocenters. The van der Waals surface area contributed by atoms with Crippen LogP contribution >= 0.6 is 11.8 Å². The Morgan fingerprint density at radius 3 is 2.90 bits per heavy atom. The van der Waals surface area contributed by atoms with Crippen molar-refractivity contribution in [2.45, 2.75) is 6.42 Å². The van der Waals surface area contributed by atoms with Crippen molar-refractivity contribution in [3.05, 3.63) is 29.8 Å². The maximum atomic E-state index is 11.6. The average Bonchev–Trinajstić information content (AvgIpc) is 2.38. The highest BCUT2D eigenvalue weighted by Gasteiger charge is 2.04. The Kier molecular flexibility index (Phi) is 7.07. The molecule has 0 bridgehead atoms. The number of hydrogen-bond donors (Lipinski definition) is 3. The van der Waals surface area contributed by atoms with Crippen molar-refractivity contribution in [1.82, 2.24) is 5.32 Å². The van der Waals surface area contributed by atoms with Gasteiger partial charge < -0.3 is 15.7 Å². The number of carbonyl (C=O) groups is 2. The first-order chi connectivity index (χ1) is 9.61. The van der Waals surface area contributed by atoms with Crippen molar-refractivity contribution in [3.63, 3.8) is 0 Å². The number of aliphatic carboxylic acids is 1. The number of benzene rings is 1. The number of urea groups is 1. The third-order valence-corrected chi connectivity index (χ3v) is 3.12. The van der Waals surface area contributed by atoms with Crippen LogP contribution in [0.3, 0.4) is 0 Å². The van der Waals surface area contributed by atoms with E-state index in [1.165, 1.54) is 0 Å². The minimum atomic E-state index is -0.905. The molecule has 0 radical (unpaired) electrons. The summed E-state index contributed by atoms with van der Waals surface area (Å²) in [7, 11) is 0. The third-order valence-electron chi connectivity index (χ3n) is 2.26. The molecule has 106 valence electrons. The number of nitrogens with one attached hydrogen (secondary N) is 2. The lowest BCUT2D eigenvalue weighted by Crippen LogP contribution is -2.30. The molecule has 0 fully saturated rings. The molecule has 0 aromatic heterocycles. The van der Waals surface area contributed by atoms with Crippen LogP contribution in [0.4, 0.5) is 10.5 Å². The second kappa shape index (κ2) is 8.88. The zero-order chi connectivity index (χ0) is 14.8. The van der Waals surface area contributed by atoms with Crippen LogP contribution < -0.4 is 10.6 Å². The fourth-order valence-corrected chi connectivity index (χ4v) is 1.99. The number of amides is 2. The van der Waals surface area contributed by atoms with Crippen molar-refractivity contribution in [2.75, 3.05) is 23.4 Å². The molecule has 0 atom stereocenters. The van der Waals surface area contributed by atoms with Crippen LogP contribution in [-0.4, -0.2) is 35.2 Å². The van der Waals surface area contributed by atoms with Gasteiger partial charge in [0.05, 0.1) is 12.2 Å². The Bertz CT molecular complexity index is 511. The Balaban J connectivity index is 2.38. The van der Waals surface area contributed by atoms with E-state index in [4.69, 9.17) is 11.5 Å². The number of thioether (sulfide) groups is 1. The molecule has 0 spiro atoms. The van der Waals surface area contributed by atoms with Crippen LogP contribution in [0.15, 0.2) is 24.3 Å². The third kappa shape index (κ3) is 6.71. The van der Waals surface area contributed by atoms with Gasteiger partial charge in [-0.05, 0) is 17.7 Å². The standard InChI is InChI=1S/C14H16N2O3S/c1-2-7-20-8-6-15-14(19)16-12-5-3-4-11(9-12)10-13(17)18/h1,3-5,9H,6-8,10H2,(H,17,18)(H2,15,16,19). The van der Waals surface area contributed by atoms with Gasteiger partial charge in [-0.15, -0.1) is 18.2 Å². The van der Waals surface area contributed by atoms with Gasteiger partial charge in [-0.1, -0.05) is 18.1 Å². The molecule has 2 amide bonds. The number of rotatable bonds is 7. The van der Waals surface area contributed by atoms with Gasteiger partial charge in [0.1, 0.15) is 0 Å². The van der Waals surface area contributed by atoms with Gasteiger partial charge >= 0.3 is 12.0 Å². The summed E-state index contributed by atoms with van der Waals surface area (Å²) in [5.41, 5.74) is 1.21. The topological polar surface area (TPSA) is 78.4 Å². The molecule has 20 heavy (non-hydrogen) atoms. The van der Waals surface area contributed by atoms with Gasteiger partial charge in [0, 0.05) is 18.0 Å². The Morgan fingerprint density at radius 1 is 1.40 bits per heavy atom. The first-order valence-corrected chi connectivity index (χ1v) is 7.14. The van der Waals surface area contributed by atoms with Crippen LogP contribution in [-0.2, 0) is 11.2 Å². The van der Waals surface area contributed by atoms with Crippen molar-refractivity contribution < 1.29 is 14.7 Å². The Hall–Kier alpha value is -2.13. The number of carbonyl (C=O) groups excluding carboxylic acids is 1. The summed E-state index contributed by atoms with van der Waals surface area (Å²) >= 11 is 1.57. The second-order valence-corrected chi connectivity index (χ2v) is 5.01. The maximum absolute atomic E-state index is 11.6. The summed E-state index contributed by atoms with van der Waals surface area (Å²) in [6.07, 6.45) is 5.04. The van der Waals surface area contributed by atoms with E-state index >= 15 is 0 Å². The number of anilines is 1. The van der Waals surface area contributed by atoms with E-state index in [1.54, 1.807) is 36.0 Å². The molecule has 3 N–H and O–H groups in total. The highest BCUT2D eigenvalue weighted by Crippen LogP contribution is 2.11. The molecule has 0 aliphatic heterocycles. The summed E-state index contributed by atoms with van der Waals surface area (Å²) in [4.78, 5) is 22.2. The van der Waals surface area contributed by atoms with Gasteiger partial charge in [0.15, 0.2) is 0 Å². The molecule has 0 heterocycles. The summed E-state index contributed by atoms with van der Waals surface area (Å²) in [6.45, 7) is 0.521. The van der Waals surface area contributed by atoms with Crippen molar-refractivity contribution in [1.29, 1.82) is 0 Å². The normalized spacial score (nSPS) is 9.55. The van der Waals surface area contributed by atoms with Gasteiger partial charge in [-0.3, -0.25) is 4.79 Å². The van der Waals surface area contributed by atoms with Crippen LogP contribution in [0.25, 0.3) is 0 Å². The van der Waals surface area contributed by atoms with E-state index < -0.39 is 5.97 Å². The number of hydrogen-bond acceptors (Lipinski definition) is 3. The fraction of sp³-hybridized carbons (Fsp3) is 0.286. The van der Waals surface area contributed by atoms with E-state index in [-0.39, 0.29) is 12.5 Å². The number of carboxylic acid groups (broad SMARTS) is 1. The minimum absolute atomic E-state index is 0.0696. The largest absolute Gasteiger partial charge is 0.481 e. The maximum Gasteiger partial charge on any atom is 0.319 e. The first-order valence-electron chi connectivity index (χ1n) is 5.98. The lowest BCUT2D eigenvalue weighted by Gasteiger charge is -2.08. The van der Waals surface area contributed by atoms with E-state index in [1.807, 2.05) is 0 Å². The van der Waals surface area contributed by atoms with Crippen LogP contribution in [0.2, 0.25) is 0 Å². The smallest absolute Gasteiger partial charge is 0.319 e. The van der Waals surface area contributed by atoms with E-state index in [0.717, 1.165) is 5.75 Å². The van der Waals surface area contributed by atoms with E-state index in [0.29, 0.717) is 23.5 Å². The first kappa shape index (κ1) is 15.9. The van der Waals surface area contributed by atoms with Crippen molar-refractivity contribution in [2.24, 2.45) is 0 Å². The molecule has 5 nitrogen and oxygen atoms in total. The zero-order valence-electron chi connectivity index (χ0n) is 10.9. The highest BCUT2D eigenvalue weighted by molar-refractivity contribution is 7.99. The minimum Gasteiger partial charge on any atom is -0.481 e. The summed E-state index contributed by atoms with van der Waals surface area (Å²) in [5.74, 6) is 2.97. The number of carboxylic acids is 1. The van der Waals surface area contributed by atoms with Gasteiger partial charge in [0.25, 0.3) is 0 Å². The lowest BCUT2D eigenvalue weighted by molar-refractivity contribution is -0.136. The molecule has 1 rings (SSSR count). The highest BCUT2D eigenvalue weighted by atomic mass is 32.2. The lowest BCUT2D eigenvalue weighted by atomic mass is 10.1. The Labute approximate surface area is 122 Å². The molecular weight excluding hydrogens is 276 g/mol. The monoisotopic (exact) mass is 292 g/mol. The van der Waals surface area contributed by atoms with Crippen LogP contribution in [0.5, 0.6) is 0 Å². The van der Waals surface area contributed by atoms with Gasteiger partial charge in [-0.2, -0.15) is 0 Å². The molecule has 6 heteroatoms. The molecule has 0 saturated carbocycles. The predicted octanol–water partition coefficient (Wildman–Crippen LogP) is 1.80. The van der Waals surface area contributed by atoms with Gasteiger partial charge in [0.2, 0.25) is 0 Å². The quantitative estimate of drug-likeness (QED) is 0.529. The zero-order valence-corrected chi connectivity index (χ0v) is 11.7. The summed E-state index contributed by atoms with van der Waals surface area (Å²) in [6, 6.07) is 6.43. The molecule has 0 aliphatic carbocycles. The molecular formula is C14H16N2O3S. The van der Waals surface area contributed by atoms with E-state index in [9.17, 15) is 9.59 Å². The summed E-state index contributed by atoms with van der Waals surface area (Å²) in [5, 5.41) is 14.1. The van der Waals surface area contributed by atoms with Crippen molar-refractivity contribution >= 4 is 29.4 Å². The van der Waals surface area contributed by atoms with Crippen LogP contribution in [0.1, 0.15) is 5.56 Å². The van der Waals surface area contributed by atoms with E-state index in [2.05, 4.69) is 16.6 Å². The fourth-order valence-electron chi connectivity index (χ4n) is 1.48. The summed E-state index contributed by atoms with van der Waals surface area (Å²) < 4.78 is 0. The second-order valence-electron chi connectivity index (χ2n) is 3.91. The SMILES string of the molecule is C#CCSCCNC(=O)Nc1cccc(CC(=O)O)c1. The molecule has 0 saturated heterocycles. The molecule has 1 aromatic carbocycles. The predicted molar refractivity (Wildman–Crippen MR) is 81.0 cm³/mol. The average molecular weight is 292 g/mol. The molecule has 1 aromatic rings. The van der Waals surface area contributed by atoms with Gasteiger partial charge in [-0.25, -0.2) is 4.79 Å².